The average molecular weight is 476 g/mol. The molecule has 2 amide bonds. The van der Waals surface area contributed by atoms with E-state index in [-0.39, 0.29) is 37.4 Å². The number of hydrogen-bond acceptors (Lipinski definition) is 4. The van der Waals surface area contributed by atoms with Crippen LogP contribution in [0.4, 0.5) is 5.69 Å². The van der Waals surface area contributed by atoms with Gasteiger partial charge in [-0.15, -0.1) is 0 Å². The van der Waals surface area contributed by atoms with Crippen LogP contribution in [0.15, 0.2) is 47.4 Å². The lowest BCUT2D eigenvalue weighted by molar-refractivity contribution is -0.128. The van der Waals surface area contributed by atoms with Gasteiger partial charge in [0.2, 0.25) is 21.8 Å². The molecule has 0 spiro atoms. The fourth-order valence-corrected chi connectivity index (χ4v) is 5.91. The first kappa shape index (κ1) is 22.8. The predicted molar refractivity (Wildman–Crippen MR) is 123 cm³/mol. The van der Waals surface area contributed by atoms with Gasteiger partial charge in [0.1, 0.15) is 0 Å². The molecule has 170 valence electrons. The van der Waals surface area contributed by atoms with E-state index in [0.717, 1.165) is 24.8 Å². The van der Waals surface area contributed by atoms with Gasteiger partial charge in [-0.3, -0.25) is 9.59 Å². The van der Waals surface area contributed by atoms with Crippen LogP contribution in [0.25, 0.3) is 0 Å². The fraction of sp³-hybridized carbons (Fsp3) is 0.391. The number of anilines is 1. The number of benzene rings is 2. The normalized spacial score (nSPS) is 17.0. The number of piperidine rings is 1. The van der Waals surface area contributed by atoms with Crippen molar-refractivity contribution in [1.29, 1.82) is 0 Å². The summed E-state index contributed by atoms with van der Waals surface area (Å²) >= 11 is 5.82. The molecule has 9 heteroatoms. The molecule has 2 aliphatic rings. The Hall–Kier alpha value is -2.42. The molecule has 0 aromatic heterocycles. The topological polar surface area (TPSA) is 95.6 Å². The standard InChI is InChI=1S/C23H26ClN3O4S/c24-19-5-7-20(8-6-19)26-22(28)15-25-23(29)17-10-12-27(13-11-17)32(30,31)21-9-4-16-2-1-3-18(16)14-21/h4-9,14,17H,1-3,10-13,15H2,(H,25,29)(H,26,28). The maximum Gasteiger partial charge on any atom is 0.243 e. The Bertz CT molecular complexity index is 1110. The second kappa shape index (κ2) is 9.60. The minimum atomic E-state index is -3.57. The Morgan fingerprint density at radius 2 is 1.69 bits per heavy atom. The van der Waals surface area contributed by atoms with Gasteiger partial charge in [-0.05, 0) is 79.6 Å². The molecule has 2 aromatic rings. The molecular weight excluding hydrogens is 450 g/mol. The van der Waals surface area contributed by atoms with Gasteiger partial charge < -0.3 is 10.6 Å². The molecule has 0 saturated carbocycles. The molecule has 7 nitrogen and oxygen atoms in total. The van der Waals surface area contributed by atoms with E-state index in [0.29, 0.717) is 28.4 Å². The van der Waals surface area contributed by atoms with E-state index in [4.69, 9.17) is 11.6 Å². The minimum absolute atomic E-state index is 0.144. The molecule has 1 aliphatic heterocycles. The highest BCUT2D eigenvalue weighted by atomic mass is 35.5. The first-order valence-electron chi connectivity index (χ1n) is 10.8. The summed E-state index contributed by atoms with van der Waals surface area (Å²) < 4.78 is 27.5. The van der Waals surface area contributed by atoms with Crippen LogP contribution in [-0.4, -0.2) is 44.2 Å². The van der Waals surface area contributed by atoms with E-state index in [1.54, 1.807) is 36.4 Å². The van der Waals surface area contributed by atoms with E-state index >= 15 is 0 Å². The number of amides is 2. The number of aryl methyl sites for hydroxylation is 2. The van der Waals surface area contributed by atoms with Crippen LogP contribution >= 0.6 is 11.6 Å². The maximum absolute atomic E-state index is 13.0. The van der Waals surface area contributed by atoms with Crippen molar-refractivity contribution in [2.24, 2.45) is 5.92 Å². The lowest BCUT2D eigenvalue weighted by Crippen LogP contribution is -2.44. The van der Waals surface area contributed by atoms with Crippen LogP contribution in [0.2, 0.25) is 5.02 Å². The van der Waals surface area contributed by atoms with Crippen LogP contribution in [-0.2, 0) is 32.5 Å². The van der Waals surface area contributed by atoms with Crippen molar-refractivity contribution in [3.05, 3.63) is 58.6 Å². The molecule has 32 heavy (non-hydrogen) atoms. The van der Waals surface area contributed by atoms with Crippen molar-refractivity contribution in [2.45, 2.75) is 37.0 Å². The average Bonchev–Trinajstić information content (AvgIpc) is 3.27. The zero-order valence-corrected chi connectivity index (χ0v) is 19.2. The Balaban J connectivity index is 1.27. The third-order valence-corrected chi connectivity index (χ3v) is 8.23. The summed E-state index contributed by atoms with van der Waals surface area (Å²) in [5.74, 6) is -0.882. The third kappa shape index (κ3) is 5.14. The Morgan fingerprint density at radius 1 is 1.00 bits per heavy atom. The molecule has 0 bridgehead atoms. The molecule has 1 heterocycles. The smallest absolute Gasteiger partial charge is 0.243 e. The number of fused-ring (bicyclic) bond motifs is 1. The van der Waals surface area contributed by atoms with Crippen LogP contribution < -0.4 is 10.6 Å². The van der Waals surface area contributed by atoms with Crippen molar-refractivity contribution < 1.29 is 18.0 Å². The van der Waals surface area contributed by atoms with Gasteiger partial charge in [0, 0.05) is 29.7 Å². The lowest BCUT2D eigenvalue weighted by Gasteiger charge is -2.30. The molecular formula is C23H26ClN3O4S. The predicted octanol–water partition coefficient (Wildman–Crippen LogP) is 2.98. The highest BCUT2D eigenvalue weighted by Crippen LogP contribution is 2.28. The second-order valence-electron chi connectivity index (χ2n) is 8.24. The summed E-state index contributed by atoms with van der Waals surface area (Å²) in [6.07, 6.45) is 3.85. The molecule has 2 aromatic carbocycles. The third-order valence-electron chi connectivity index (χ3n) is 6.08. The first-order chi connectivity index (χ1) is 15.3. The van der Waals surface area contributed by atoms with Crippen molar-refractivity contribution in [2.75, 3.05) is 25.0 Å². The van der Waals surface area contributed by atoms with Gasteiger partial charge in [-0.2, -0.15) is 4.31 Å². The minimum Gasteiger partial charge on any atom is -0.347 e. The molecule has 1 fully saturated rings. The summed E-state index contributed by atoms with van der Waals surface area (Å²) in [6.45, 7) is 0.429. The zero-order chi connectivity index (χ0) is 22.7. The Labute approximate surface area is 193 Å². The maximum atomic E-state index is 13.0. The van der Waals surface area contributed by atoms with E-state index in [1.165, 1.54) is 9.87 Å². The van der Waals surface area contributed by atoms with Crippen molar-refractivity contribution in [3.63, 3.8) is 0 Å². The number of halogens is 1. The number of rotatable bonds is 6. The quantitative estimate of drug-likeness (QED) is 0.671. The van der Waals surface area contributed by atoms with E-state index in [2.05, 4.69) is 10.6 Å². The summed E-state index contributed by atoms with van der Waals surface area (Å²) in [5.41, 5.74) is 2.95. The van der Waals surface area contributed by atoms with E-state index in [9.17, 15) is 18.0 Å². The SMILES string of the molecule is O=C(CNC(=O)C1CCN(S(=O)(=O)c2ccc3c(c2)CCC3)CC1)Nc1ccc(Cl)cc1. The highest BCUT2D eigenvalue weighted by Gasteiger charge is 2.32. The van der Waals surface area contributed by atoms with Gasteiger partial charge in [0.25, 0.3) is 0 Å². The molecule has 1 aliphatic carbocycles. The van der Waals surface area contributed by atoms with Crippen molar-refractivity contribution >= 4 is 39.1 Å². The molecule has 0 unspecified atom stereocenters. The van der Waals surface area contributed by atoms with Crippen LogP contribution in [0.3, 0.4) is 0 Å². The number of sulfonamides is 1. The summed E-state index contributed by atoms with van der Waals surface area (Å²) in [7, 11) is -3.57. The molecule has 0 atom stereocenters. The van der Waals surface area contributed by atoms with Gasteiger partial charge in [-0.1, -0.05) is 17.7 Å². The van der Waals surface area contributed by atoms with Gasteiger partial charge in [0.05, 0.1) is 11.4 Å². The van der Waals surface area contributed by atoms with Gasteiger partial charge in [-0.25, -0.2) is 8.42 Å². The number of carbonyl (C=O) groups is 2. The van der Waals surface area contributed by atoms with Crippen LogP contribution in [0, 0.1) is 5.92 Å². The van der Waals surface area contributed by atoms with Gasteiger partial charge >= 0.3 is 0 Å². The van der Waals surface area contributed by atoms with Crippen molar-refractivity contribution in [3.8, 4) is 0 Å². The highest BCUT2D eigenvalue weighted by molar-refractivity contribution is 7.89. The summed E-state index contributed by atoms with van der Waals surface area (Å²) in [5, 5.41) is 5.91. The largest absolute Gasteiger partial charge is 0.347 e. The number of nitrogens with one attached hydrogen (secondary N) is 2. The first-order valence-corrected chi connectivity index (χ1v) is 12.6. The molecule has 1 saturated heterocycles. The summed E-state index contributed by atoms with van der Waals surface area (Å²) in [4.78, 5) is 24.9. The Kier molecular flexibility index (Phi) is 6.83. The molecule has 4 rings (SSSR count). The van der Waals surface area contributed by atoms with Crippen LogP contribution in [0.5, 0.6) is 0 Å². The number of carbonyl (C=O) groups excluding carboxylic acids is 2. The molecule has 0 radical (unpaired) electrons. The summed E-state index contributed by atoms with van der Waals surface area (Å²) in [6, 6.07) is 12.1. The van der Waals surface area contributed by atoms with E-state index < -0.39 is 10.0 Å². The second-order valence-corrected chi connectivity index (χ2v) is 10.6. The fourth-order valence-electron chi connectivity index (χ4n) is 4.27. The number of hydrogen-bond donors (Lipinski definition) is 2. The monoisotopic (exact) mass is 475 g/mol. The van der Waals surface area contributed by atoms with Crippen molar-refractivity contribution in [1.82, 2.24) is 9.62 Å². The molecule has 2 N–H and O–H groups in total. The zero-order valence-electron chi connectivity index (χ0n) is 17.6. The van der Waals surface area contributed by atoms with E-state index in [1.807, 2.05) is 6.07 Å². The lowest BCUT2D eigenvalue weighted by atomic mass is 9.97. The van der Waals surface area contributed by atoms with Crippen LogP contribution in [0.1, 0.15) is 30.4 Å². The van der Waals surface area contributed by atoms with Gasteiger partial charge in [0.15, 0.2) is 0 Å². The number of nitrogens with zero attached hydrogens (tertiary/aromatic N) is 1. The Morgan fingerprint density at radius 3 is 2.41 bits per heavy atom.